The Morgan fingerprint density at radius 2 is 1.70 bits per heavy atom. The smallest absolute Gasteiger partial charge is 0.260 e. The molecule has 2 heterocycles. The van der Waals surface area contributed by atoms with Gasteiger partial charge in [-0.3, -0.25) is 9.78 Å². The SMILES string of the molecule is O=C(Nc1ccccc1-c1nc(-c2ccncc2)no1)c1ccccc1Cl. The van der Waals surface area contributed by atoms with Crippen LogP contribution in [0.5, 0.6) is 0 Å². The van der Waals surface area contributed by atoms with Gasteiger partial charge in [-0.25, -0.2) is 0 Å². The molecule has 0 aliphatic heterocycles. The van der Waals surface area contributed by atoms with E-state index in [0.717, 1.165) is 5.56 Å². The van der Waals surface area contributed by atoms with Gasteiger partial charge in [0.05, 0.1) is 21.8 Å². The van der Waals surface area contributed by atoms with Crippen molar-refractivity contribution in [2.45, 2.75) is 0 Å². The monoisotopic (exact) mass is 376 g/mol. The molecule has 0 spiro atoms. The Hall–Kier alpha value is -3.51. The number of para-hydroxylation sites is 1. The molecule has 0 aliphatic rings. The molecule has 0 unspecified atom stereocenters. The van der Waals surface area contributed by atoms with Crippen molar-refractivity contribution in [1.82, 2.24) is 15.1 Å². The number of halogens is 1. The summed E-state index contributed by atoms with van der Waals surface area (Å²) < 4.78 is 5.40. The Labute approximate surface area is 159 Å². The Morgan fingerprint density at radius 1 is 0.963 bits per heavy atom. The molecule has 2 aromatic carbocycles. The van der Waals surface area contributed by atoms with Gasteiger partial charge in [0.25, 0.3) is 11.8 Å². The van der Waals surface area contributed by atoms with E-state index in [9.17, 15) is 4.79 Å². The van der Waals surface area contributed by atoms with E-state index in [4.69, 9.17) is 16.1 Å². The van der Waals surface area contributed by atoms with Crippen LogP contribution in [0.15, 0.2) is 77.6 Å². The van der Waals surface area contributed by atoms with Crippen LogP contribution in [0.3, 0.4) is 0 Å². The molecule has 0 aliphatic carbocycles. The summed E-state index contributed by atoms with van der Waals surface area (Å²) in [7, 11) is 0. The molecule has 27 heavy (non-hydrogen) atoms. The van der Waals surface area contributed by atoms with Gasteiger partial charge in [-0.05, 0) is 36.4 Å². The number of nitrogens with one attached hydrogen (secondary N) is 1. The number of hydrogen-bond donors (Lipinski definition) is 1. The number of aromatic nitrogens is 3. The predicted octanol–water partition coefficient (Wildman–Crippen LogP) is 4.70. The minimum atomic E-state index is -0.318. The van der Waals surface area contributed by atoms with Gasteiger partial charge in [0.15, 0.2) is 0 Å². The van der Waals surface area contributed by atoms with Crippen molar-refractivity contribution in [3.8, 4) is 22.8 Å². The van der Waals surface area contributed by atoms with Crippen molar-refractivity contribution >= 4 is 23.2 Å². The van der Waals surface area contributed by atoms with Crippen molar-refractivity contribution in [3.63, 3.8) is 0 Å². The van der Waals surface area contributed by atoms with Crippen molar-refractivity contribution in [1.29, 1.82) is 0 Å². The highest BCUT2D eigenvalue weighted by atomic mass is 35.5. The van der Waals surface area contributed by atoms with Gasteiger partial charge in [0.1, 0.15) is 0 Å². The van der Waals surface area contributed by atoms with E-state index in [1.807, 2.05) is 12.1 Å². The quantitative estimate of drug-likeness (QED) is 0.558. The number of amides is 1. The molecule has 0 fully saturated rings. The van der Waals surface area contributed by atoms with Crippen LogP contribution >= 0.6 is 11.6 Å². The lowest BCUT2D eigenvalue weighted by Gasteiger charge is -2.09. The zero-order valence-corrected chi connectivity index (χ0v) is 14.7. The number of carbonyl (C=O) groups excluding carboxylic acids is 1. The Kier molecular flexibility index (Phi) is 4.63. The molecular formula is C20H13ClN4O2. The fourth-order valence-corrected chi connectivity index (χ4v) is 2.79. The normalized spacial score (nSPS) is 10.6. The molecule has 2 aromatic heterocycles. The predicted molar refractivity (Wildman–Crippen MR) is 102 cm³/mol. The largest absolute Gasteiger partial charge is 0.334 e. The summed E-state index contributed by atoms with van der Waals surface area (Å²) in [6.07, 6.45) is 3.31. The maximum absolute atomic E-state index is 12.6. The molecule has 1 N–H and O–H groups in total. The summed E-state index contributed by atoms with van der Waals surface area (Å²) in [5, 5.41) is 7.24. The maximum Gasteiger partial charge on any atom is 0.260 e. The number of carbonyl (C=O) groups is 1. The van der Waals surface area contributed by atoms with Crippen molar-refractivity contribution in [2.24, 2.45) is 0 Å². The third kappa shape index (κ3) is 3.56. The lowest BCUT2D eigenvalue weighted by molar-refractivity contribution is 0.102. The fraction of sp³-hybridized carbons (Fsp3) is 0. The molecular weight excluding hydrogens is 364 g/mol. The molecule has 132 valence electrons. The van der Waals surface area contributed by atoms with Crippen LogP contribution in [0, 0.1) is 0 Å². The third-order valence-corrected chi connectivity index (χ3v) is 4.22. The lowest BCUT2D eigenvalue weighted by atomic mass is 10.1. The molecule has 1 amide bonds. The standard InChI is InChI=1S/C20H13ClN4O2/c21-16-7-3-1-5-14(16)19(26)23-17-8-4-2-6-15(17)20-24-18(25-27-20)13-9-11-22-12-10-13/h1-12H,(H,23,26). The molecule has 0 bridgehead atoms. The number of rotatable bonds is 4. The van der Waals surface area contributed by atoms with E-state index in [1.165, 1.54) is 0 Å². The fourth-order valence-electron chi connectivity index (χ4n) is 2.56. The number of benzene rings is 2. The average molecular weight is 377 g/mol. The first-order valence-electron chi connectivity index (χ1n) is 8.12. The number of hydrogen-bond acceptors (Lipinski definition) is 5. The topological polar surface area (TPSA) is 80.9 Å². The van der Waals surface area contributed by atoms with E-state index in [-0.39, 0.29) is 5.91 Å². The van der Waals surface area contributed by atoms with Crippen LogP contribution in [0.25, 0.3) is 22.8 Å². The van der Waals surface area contributed by atoms with Crippen molar-refractivity contribution in [2.75, 3.05) is 5.32 Å². The van der Waals surface area contributed by atoms with Gasteiger partial charge in [-0.15, -0.1) is 0 Å². The van der Waals surface area contributed by atoms with E-state index in [2.05, 4.69) is 20.4 Å². The van der Waals surface area contributed by atoms with Crippen LogP contribution in [-0.2, 0) is 0 Å². The zero-order chi connectivity index (χ0) is 18.6. The van der Waals surface area contributed by atoms with Crippen molar-refractivity contribution in [3.05, 3.63) is 83.6 Å². The minimum Gasteiger partial charge on any atom is -0.334 e. The minimum absolute atomic E-state index is 0.303. The lowest BCUT2D eigenvalue weighted by Crippen LogP contribution is -2.13. The molecule has 4 rings (SSSR count). The first-order chi connectivity index (χ1) is 13.2. The third-order valence-electron chi connectivity index (χ3n) is 3.89. The highest BCUT2D eigenvalue weighted by Crippen LogP contribution is 2.29. The molecule has 0 saturated heterocycles. The average Bonchev–Trinajstić information content (AvgIpc) is 3.19. The van der Waals surface area contributed by atoms with E-state index in [0.29, 0.717) is 33.6 Å². The summed E-state index contributed by atoms with van der Waals surface area (Å²) >= 11 is 6.11. The second-order valence-electron chi connectivity index (χ2n) is 5.64. The number of anilines is 1. The Morgan fingerprint density at radius 3 is 2.52 bits per heavy atom. The second kappa shape index (κ2) is 7.39. The van der Waals surface area contributed by atoms with Gasteiger partial charge >= 0.3 is 0 Å². The summed E-state index contributed by atoms with van der Waals surface area (Å²) in [6, 6.07) is 17.6. The van der Waals surface area contributed by atoms with E-state index >= 15 is 0 Å². The molecule has 6 nitrogen and oxygen atoms in total. The molecule has 4 aromatic rings. The van der Waals surface area contributed by atoms with Crippen LogP contribution < -0.4 is 5.32 Å². The van der Waals surface area contributed by atoms with Crippen LogP contribution in [0.4, 0.5) is 5.69 Å². The molecule has 0 saturated carbocycles. The molecule has 0 radical (unpaired) electrons. The molecule has 0 atom stereocenters. The number of pyridine rings is 1. The van der Waals surface area contributed by atoms with E-state index < -0.39 is 0 Å². The van der Waals surface area contributed by atoms with Crippen LogP contribution in [0.1, 0.15) is 10.4 Å². The Bertz CT molecular complexity index is 1100. The molecule has 7 heteroatoms. The summed E-state index contributed by atoms with van der Waals surface area (Å²) in [6.45, 7) is 0. The zero-order valence-electron chi connectivity index (χ0n) is 14.0. The first kappa shape index (κ1) is 16.9. The highest BCUT2D eigenvalue weighted by Gasteiger charge is 2.17. The van der Waals surface area contributed by atoms with Gasteiger partial charge < -0.3 is 9.84 Å². The summed E-state index contributed by atoms with van der Waals surface area (Å²) in [5.74, 6) is 0.429. The van der Waals surface area contributed by atoms with Crippen molar-refractivity contribution < 1.29 is 9.32 Å². The van der Waals surface area contributed by atoms with E-state index in [1.54, 1.807) is 60.9 Å². The summed E-state index contributed by atoms with van der Waals surface area (Å²) in [5.41, 5.74) is 2.34. The summed E-state index contributed by atoms with van der Waals surface area (Å²) in [4.78, 5) is 21.0. The van der Waals surface area contributed by atoms with Crippen LogP contribution in [0.2, 0.25) is 5.02 Å². The van der Waals surface area contributed by atoms with Gasteiger partial charge in [0.2, 0.25) is 5.82 Å². The number of nitrogens with zero attached hydrogens (tertiary/aromatic N) is 3. The first-order valence-corrected chi connectivity index (χ1v) is 8.49. The van der Waals surface area contributed by atoms with Crippen LogP contribution in [-0.4, -0.2) is 21.0 Å². The van der Waals surface area contributed by atoms with Gasteiger partial charge in [-0.1, -0.05) is 41.0 Å². The second-order valence-corrected chi connectivity index (χ2v) is 6.05. The highest BCUT2D eigenvalue weighted by molar-refractivity contribution is 6.34. The van der Waals surface area contributed by atoms with Gasteiger partial charge in [0, 0.05) is 18.0 Å². The maximum atomic E-state index is 12.6. The van der Waals surface area contributed by atoms with Gasteiger partial charge in [-0.2, -0.15) is 4.98 Å². The Balaban J connectivity index is 1.65.